The summed E-state index contributed by atoms with van der Waals surface area (Å²) in [4.78, 5) is 15.6. The van der Waals surface area contributed by atoms with Crippen LogP contribution in [0, 0.1) is 5.92 Å². The molecule has 0 aromatic heterocycles. The Morgan fingerprint density at radius 3 is 2.32 bits per heavy atom. The van der Waals surface area contributed by atoms with Gasteiger partial charge in [-0.25, -0.2) is 8.42 Å². The zero-order valence-corrected chi connectivity index (χ0v) is 20.1. The maximum Gasteiger partial charge on any atom is 0.243 e. The van der Waals surface area contributed by atoms with Crippen molar-refractivity contribution in [3.05, 3.63) is 78.4 Å². The van der Waals surface area contributed by atoms with Crippen LogP contribution >= 0.6 is 0 Å². The van der Waals surface area contributed by atoms with Gasteiger partial charge in [-0.15, -0.1) is 0 Å². The number of carbonyl (C=O) groups excluding carboxylic acids is 1. The van der Waals surface area contributed by atoms with Crippen LogP contribution in [-0.2, 0) is 21.4 Å². The normalized spacial score (nSPS) is 20.5. The minimum atomic E-state index is -3.57. The van der Waals surface area contributed by atoms with Crippen molar-refractivity contribution in [2.24, 2.45) is 5.92 Å². The van der Waals surface area contributed by atoms with Gasteiger partial charge in [0.15, 0.2) is 0 Å². The van der Waals surface area contributed by atoms with Gasteiger partial charge in [-0.05, 0) is 47.7 Å². The highest BCUT2D eigenvalue weighted by atomic mass is 32.2. The molecule has 2 heterocycles. The van der Waals surface area contributed by atoms with Gasteiger partial charge in [0.05, 0.1) is 4.90 Å². The number of amides is 1. The lowest BCUT2D eigenvalue weighted by Crippen LogP contribution is -2.45. The molecule has 2 aliphatic rings. The molecule has 2 saturated heterocycles. The van der Waals surface area contributed by atoms with Gasteiger partial charge in [0.2, 0.25) is 15.9 Å². The molecule has 6 nitrogen and oxygen atoms in total. The van der Waals surface area contributed by atoms with Crippen molar-refractivity contribution in [1.29, 1.82) is 0 Å². The van der Waals surface area contributed by atoms with Crippen LogP contribution in [0.3, 0.4) is 0 Å². The van der Waals surface area contributed by atoms with Crippen molar-refractivity contribution in [3.8, 4) is 0 Å². The predicted molar refractivity (Wildman–Crippen MR) is 134 cm³/mol. The van der Waals surface area contributed by atoms with E-state index >= 15 is 0 Å². The van der Waals surface area contributed by atoms with E-state index in [2.05, 4.69) is 34.5 Å². The SMILES string of the molecule is O=C(NC1CCN(Cc2ccccc2)C1)C1CCN(S(=O)(=O)c2ccc3ccccc3c2)CC1. The molecule has 0 spiro atoms. The van der Waals surface area contributed by atoms with Gasteiger partial charge in [-0.3, -0.25) is 9.69 Å². The number of nitrogens with one attached hydrogen (secondary N) is 1. The first-order valence-electron chi connectivity index (χ1n) is 12.0. The highest BCUT2D eigenvalue weighted by Gasteiger charge is 2.33. The number of piperidine rings is 1. The van der Waals surface area contributed by atoms with Crippen molar-refractivity contribution in [2.45, 2.75) is 36.7 Å². The topological polar surface area (TPSA) is 69.7 Å². The maximum absolute atomic E-state index is 13.2. The monoisotopic (exact) mass is 477 g/mol. The van der Waals surface area contributed by atoms with Crippen molar-refractivity contribution >= 4 is 26.7 Å². The van der Waals surface area contributed by atoms with Gasteiger partial charge in [0, 0.05) is 44.7 Å². The van der Waals surface area contributed by atoms with E-state index in [9.17, 15) is 13.2 Å². The van der Waals surface area contributed by atoms with E-state index in [0.29, 0.717) is 30.8 Å². The number of benzene rings is 3. The molecule has 178 valence electrons. The van der Waals surface area contributed by atoms with Crippen LogP contribution in [0.25, 0.3) is 10.8 Å². The Bertz CT molecular complexity index is 1250. The Kier molecular flexibility index (Phi) is 6.68. The smallest absolute Gasteiger partial charge is 0.243 e. The number of fused-ring (bicyclic) bond motifs is 1. The minimum absolute atomic E-state index is 0.0642. The Labute approximate surface area is 201 Å². The quantitative estimate of drug-likeness (QED) is 0.589. The molecular weight excluding hydrogens is 446 g/mol. The van der Waals surface area contributed by atoms with Gasteiger partial charge in [-0.1, -0.05) is 60.7 Å². The summed E-state index contributed by atoms with van der Waals surface area (Å²) in [5.41, 5.74) is 1.29. The van der Waals surface area contributed by atoms with Crippen LogP contribution in [0.4, 0.5) is 0 Å². The summed E-state index contributed by atoms with van der Waals surface area (Å²) in [5, 5.41) is 5.15. The maximum atomic E-state index is 13.2. The molecule has 3 aromatic carbocycles. The molecule has 3 aromatic rings. The number of sulfonamides is 1. The zero-order valence-electron chi connectivity index (χ0n) is 19.3. The number of hydrogen-bond donors (Lipinski definition) is 1. The summed E-state index contributed by atoms with van der Waals surface area (Å²) in [6.07, 6.45) is 2.06. The molecule has 0 aliphatic carbocycles. The second-order valence-electron chi connectivity index (χ2n) is 9.40. The molecule has 0 radical (unpaired) electrons. The molecule has 1 amide bonds. The summed E-state index contributed by atoms with van der Waals surface area (Å²) >= 11 is 0. The fraction of sp³-hybridized carbons (Fsp3) is 0.370. The third kappa shape index (κ3) is 5.02. The standard InChI is InChI=1S/C27H31N3O3S/c31-27(28-25-14-15-29(20-25)19-21-6-2-1-3-7-21)23-12-16-30(17-13-23)34(32,33)26-11-10-22-8-4-5-9-24(22)18-26/h1-11,18,23,25H,12-17,19-20H2,(H,28,31). The molecule has 7 heteroatoms. The fourth-order valence-electron chi connectivity index (χ4n) is 5.09. The van der Waals surface area contributed by atoms with Gasteiger partial charge >= 0.3 is 0 Å². The third-order valence-corrected chi connectivity index (χ3v) is 8.95. The Balaban J connectivity index is 1.14. The average Bonchev–Trinajstić information content (AvgIpc) is 3.30. The van der Waals surface area contributed by atoms with E-state index in [1.165, 1.54) is 9.87 Å². The average molecular weight is 478 g/mol. The Hall–Kier alpha value is -2.74. The molecule has 2 aliphatic heterocycles. The molecule has 1 unspecified atom stereocenters. The number of rotatable bonds is 6. The molecule has 0 saturated carbocycles. The summed E-state index contributed by atoms with van der Waals surface area (Å²) < 4.78 is 27.9. The van der Waals surface area contributed by atoms with E-state index in [1.54, 1.807) is 12.1 Å². The lowest BCUT2D eigenvalue weighted by molar-refractivity contribution is -0.126. The molecule has 1 atom stereocenters. The van der Waals surface area contributed by atoms with Crippen LogP contribution in [0.1, 0.15) is 24.8 Å². The molecule has 5 rings (SSSR count). The van der Waals surface area contributed by atoms with Crippen LogP contribution in [0.2, 0.25) is 0 Å². The van der Waals surface area contributed by atoms with E-state index in [1.807, 2.05) is 36.4 Å². The molecular formula is C27H31N3O3S. The number of likely N-dealkylation sites (tertiary alicyclic amines) is 1. The molecule has 34 heavy (non-hydrogen) atoms. The summed E-state index contributed by atoms with van der Waals surface area (Å²) in [7, 11) is -3.57. The van der Waals surface area contributed by atoms with Gasteiger partial charge in [0.1, 0.15) is 0 Å². The van der Waals surface area contributed by atoms with Gasteiger partial charge in [-0.2, -0.15) is 4.31 Å². The predicted octanol–water partition coefficient (Wildman–Crippen LogP) is 3.63. The molecule has 0 bridgehead atoms. The summed E-state index contributed by atoms with van der Waals surface area (Å²) in [5.74, 6) is -0.0689. The first-order chi connectivity index (χ1) is 16.5. The van der Waals surface area contributed by atoms with E-state index in [4.69, 9.17) is 0 Å². The second kappa shape index (κ2) is 9.86. The third-order valence-electron chi connectivity index (χ3n) is 7.05. The lowest BCUT2D eigenvalue weighted by Gasteiger charge is -2.31. The second-order valence-corrected chi connectivity index (χ2v) is 11.3. The zero-order chi connectivity index (χ0) is 23.5. The van der Waals surface area contributed by atoms with E-state index in [-0.39, 0.29) is 17.9 Å². The molecule has 2 fully saturated rings. The van der Waals surface area contributed by atoms with Crippen LogP contribution in [0.5, 0.6) is 0 Å². The first kappa shape index (κ1) is 23.0. The lowest BCUT2D eigenvalue weighted by atomic mass is 9.97. The Morgan fingerprint density at radius 2 is 1.56 bits per heavy atom. The fourth-order valence-corrected chi connectivity index (χ4v) is 6.60. The number of nitrogens with zero attached hydrogens (tertiary/aromatic N) is 2. The number of carbonyl (C=O) groups is 1. The highest BCUT2D eigenvalue weighted by Crippen LogP contribution is 2.26. The van der Waals surface area contributed by atoms with E-state index < -0.39 is 10.0 Å². The van der Waals surface area contributed by atoms with Crippen LogP contribution in [0.15, 0.2) is 77.7 Å². The summed E-state index contributed by atoms with van der Waals surface area (Å²) in [6, 6.07) is 23.6. The first-order valence-corrected chi connectivity index (χ1v) is 13.5. The number of hydrogen-bond acceptors (Lipinski definition) is 4. The van der Waals surface area contributed by atoms with Crippen LogP contribution < -0.4 is 5.32 Å². The van der Waals surface area contributed by atoms with Crippen LogP contribution in [-0.4, -0.2) is 55.8 Å². The Morgan fingerprint density at radius 1 is 0.853 bits per heavy atom. The molecule has 1 N–H and O–H groups in total. The van der Waals surface area contributed by atoms with Crippen molar-refractivity contribution < 1.29 is 13.2 Å². The van der Waals surface area contributed by atoms with Crippen molar-refractivity contribution in [1.82, 2.24) is 14.5 Å². The largest absolute Gasteiger partial charge is 0.352 e. The van der Waals surface area contributed by atoms with E-state index in [0.717, 1.165) is 36.8 Å². The van der Waals surface area contributed by atoms with Gasteiger partial charge in [0.25, 0.3) is 0 Å². The highest BCUT2D eigenvalue weighted by molar-refractivity contribution is 7.89. The summed E-state index contributed by atoms with van der Waals surface area (Å²) in [6.45, 7) is 3.48. The van der Waals surface area contributed by atoms with Crippen molar-refractivity contribution in [2.75, 3.05) is 26.2 Å². The van der Waals surface area contributed by atoms with Gasteiger partial charge < -0.3 is 5.32 Å². The van der Waals surface area contributed by atoms with Crippen molar-refractivity contribution in [3.63, 3.8) is 0 Å². The minimum Gasteiger partial charge on any atom is -0.352 e.